The van der Waals surface area contributed by atoms with Gasteiger partial charge in [0.1, 0.15) is 0 Å². The van der Waals surface area contributed by atoms with Gasteiger partial charge in [-0.15, -0.1) is 0 Å². The number of benzene rings is 2. The molecule has 0 atom stereocenters. The number of fused-ring (bicyclic) bond motifs is 1. The van der Waals surface area contributed by atoms with Crippen LogP contribution in [0.3, 0.4) is 0 Å². The van der Waals surface area contributed by atoms with E-state index in [0.717, 1.165) is 0 Å². The smallest absolute Gasteiger partial charge is 0.205 e. The summed E-state index contributed by atoms with van der Waals surface area (Å²) in [5.41, 5.74) is 1.37. The van der Waals surface area contributed by atoms with Gasteiger partial charge < -0.3 is 29.0 Å². The van der Waals surface area contributed by atoms with Crippen LogP contribution in [0.15, 0.2) is 30.5 Å². The van der Waals surface area contributed by atoms with Crippen LogP contribution in [-0.4, -0.2) is 44.3 Å². The highest BCUT2D eigenvalue weighted by atomic mass is 16.5. The molecule has 0 fully saturated rings. The molecule has 0 aliphatic carbocycles. The van der Waals surface area contributed by atoms with E-state index in [9.17, 15) is 9.90 Å². The number of phenols is 1. The third-order valence-electron chi connectivity index (χ3n) is 4.17. The standard InChI is InChI=1S/C19H19NO6/c1-23-14-6-5-10(7-13(14)21)17(22)12-9-20-16-11(12)8-15(24-2)18(25-3)19(16)26-4/h5-9,20-21H,1-4H3. The zero-order chi connectivity index (χ0) is 18.8. The van der Waals surface area contributed by atoms with Crippen LogP contribution in [0.4, 0.5) is 0 Å². The van der Waals surface area contributed by atoms with E-state index >= 15 is 0 Å². The third-order valence-corrected chi connectivity index (χ3v) is 4.17. The molecule has 0 bridgehead atoms. The quantitative estimate of drug-likeness (QED) is 0.659. The first kappa shape index (κ1) is 17.5. The van der Waals surface area contributed by atoms with Crippen molar-refractivity contribution in [1.29, 1.82) is 0 Å². The summed E-state index contributed by atoms with van der Waals surface area (Å²) in [4.78, 5) is 16.0. The van der Waals surface area contributed by atoms with Gasteiger partial charge in [-0.1, -0.05) is 0 Å². The van der Waals surface area contributed by atoms with Gasteiger partial charge in [-0.3, -0.25) is 4.79 Å². The molecule has 0 unspecified atom stereocenters. The minimum atomic E-state index is -0.261. The van der Waals surface area contributed by atoms with Gasteiger partial charge in [0.05, 0.1) is 34.0 Å². The molecule has 1 heterocycles. The molecule has 2 N–H and O–H groups in total. The Morgan fingerprint density at radius 3 is 2.19 bits per heavy atom. The molecule has 0 saturated carbocycles. The van der Waals surface area contributed by atoms with Crippen molar-refractivity contribution in [2.24, 2.45) is 0 Å². The van der Waals surface area contributed by atoms with Crippen molar-refractivity contribution in [1.82, 2.24) is 4.98 Å². The topological polar surface area (TPSA) is 90.0 Å². The zero-order valence-corrected chi connectivity index (χ0v) is 14.9. The lowest BCUT2D eigenvalue weighted by Crippen LogP contribution is -2.01. The summed E-state index contributed by atoms with van der Waals surface area (Å²) >= 11 is 0. The minimum absolute atomic E-state index is 0.102. The van der Waals surface area contributed by atoms with Crippen molar-refractivity contribution in [3.8, 4) is 28.7 Å². The number of hydrogen-bond donors (Lipinski definition) is 2. The van der Waals surface area contributed by atoms with Crippen molar-refractivity contribution in [2.75, 3.05) is 28.4 Å². The monoisotopic (exact) mass is 357 g/mol. The summed E-state index contributed by atoms with van der Waals surface area (Å²) < 4.78 is 21.2. The first-order valence-electron chi connectivity index (χ1n) is 7.77. The highest BCUT2D eigenvalue weighted by molar-refractivity contribution is 6.17. The maximum absolute atomic E-state index is 12.9. The Kier molecular flexibility index (Phi) is 4.62. The average Bonchev–Trinajstić information content (AvgIpc) is 3.09. The molecule has 0 spiro atoms. The van der Waals surface area contributed by atoms with Crippen molar-refractivity contribution in [3.05, 3.63) is 41.6 Å². The molecule has 2 aromatic carbocycles. The van der Waals surface area contributed by atoms with E-state index in [4.69, 9.17) is 18.9 Å². The van der Waals surface area contributed by atoms with Gasteiger partial charge >= 0.3 is 0 Å². The fraction of sp³-hybridized carbons (Fsp3) is 0.211. The second-order valence-corrected chi connectivity index (χ2v) is 5.49. The highest BCUT2D eigenvalue weighted by Gasteiger charge is 2.22. The Labute approximate surface area is 150 Å². The number of aromatic hydroxyl groups is 1. The third kappa shape index (κ3) is 2.67. The molecule has 0 amide bonds. The lowest BCUT2D eigenvalue weighted by Gasteiger charge is -2.13. The molecule has 136 valence electrons. The molecule has 0 saturated heterocycles. The number of phenolic OH excluding ortho intramolecular Hbond substituents is 1. The summed E-state index contributed by atoms with van der Waals surface area (Å²) in [5, 5.41) is 10.6. The Hall–Kier alpha value is -3.35. The molecule has 7 nitrogen and oxygen atoms in total. The predicted octanol–water partition coefficient (Wildman–Crippen LogP) is 3.14. The molecule has 7 heteroatoms. The van der Waals surface area contributed by atoms with Crippen LogP contribution in [-0.2, 0) is 0 Å². The number of H-pyrrole nitrogens is 1. The van der Waals surface area contributed by atoms with Crippen LogP contribution in [0, 0.1) is 0 Å². The summed E-state index contributed by atoms with van der Waals surface area (Å²) in [6.45, 7) is 0. The van der Waals surface area contributed by atoms with Gasteiger partial charge in [0.2, 0.25) is 5.75 Å². The number of carbonyl (C=O) groups excluding carboxylic acids is 1. The summed E-state index contributed by atoms with van der Waals surface area (Å²) in [7, 11) is 5.99. The van der Waals surface area contributed by atoms with Crippen molar-refractivity contribution < 1.29 is 28.8 Å². The van der Waals surface area contributed by atoms with E-state index in [1.807, 2.05) is 0 Å². The number of methoxy groups -OCH3 is 4. The van der Waals surface area contributed by atoms with Crippen LogP contribution in [0.25, 0.3) is 10.9 Å². The molecule has 3 rings (SSSR count). The van der Waals surface area contributed by atoms with Gasteiger partial charge in [-0.05, 0) is 24.3 Å². The molecule has 26 heavy (non-hydrogen) atoms. The van der Waals surface area contributed by atoms with Gasteiger partial charge in [-0.25, -0.2) is 0 Å². The normalized spacial score (nSPS) is 10.6. The maximum atomic E-state index is 12.9. The van der Waals surface area contributed by atoms with Crippen molar-refractivity contribution in [2.45, 2.75) is 0 Å². The molecule has 1 aromatic heterocycles. The number of nitrogens with one attached hydrogen (secondary N) is 1. The summed E-state index contributed by atoms with van der Waals surface area (Å²) in [6, 6.07) is 6.22. The Morgan fingerprint density at radius 1 is 0.923 bits per heavy atom. The second kappa shape index (κ2) is 6.87. The van der Waals surface area contributed by atoms with E-state index in [0.29, 0.717) is 45.0 Å². The van der Waals surface area contributed by atoms with E-state index in [1.54, 1.807) is 24.4 Å². The van der Waals surface area contributed by atoms with E-state index in [1.165, 1.54) is 34.5 Å². The average molecular weight is 357 g/mol. The van der Waals surface area contributed by atoms with E-state index < -0.39 is 0 Å². The Morgan fingerprint density at radius 2 is 1.62 bits per heavy atom. The molecular formula is C19H19NO6. The van der Waals surface area contributed by atoms with Crippen LogP contribution in [0.2, 0.25) is 0 Å². The van der Waals surface area contributed by atoms with E-state index in [-0.39, 0.29) is 11.5 Å². The van der Waals surface area contributed by atoms with Gasteiger partial charge in [0.15, 0.2) is 28.8 Å². The highest BCUT2D eigenvalue weighted by Crippen LogP contribution is 2.44. The van der Waals surface area contributed by atoms with E-state index in [2.05, 4.69) is 4.98 Å². The van der Waals surface area contributed by atoms with Crippen LogP contribution >= 0.6 is 0 Å². The lowest BCUT2D eigenvalue weighted by atomic mass is 10.0. The Balaban J connectivity index is 2.17. The first-order valence-corrected chi connectivity index (χ1v) is 7.77. The summed E-state index contributed by atoms with van der Waals surface area (Å²) in [6.07, 6.45) is 1.59. The van der Waals surface area contributed by atoms with Gasteiger partial charge in [0, 0.05) is 22.7 Å². The summed E-state index contributed by atoms with van der Waals surface area (Å²) in [5.74, 6) is 1.26. The van der Waals surface area contributed by atoms with Crippen LogP contribution in [0.1, 0.15) is 15.9 Å². The van der Waals surface area contributed by atoms with Crippen LogP contribution < -0.4 is 18.9 Å². The van der Waals surface area contributed by atoms with Gasteiger partial charge in [-0.2, -0.15) is 0 Å². The number of ether oxygens (including phenoxy) is 4. The van der Waals surface area contributed by atoms with Crippen LogP contribution in [0.5, 0.6) is 28.7 Å². The van der Waals surface area contributed by atoms with Crippen molar-refractivity contribution >= 4 is 16.7 Å². The molecule has 0 radical (unpaired) electrons. The number of carbonyl (C=O) groups is 1. The zero-order valence-electron chi connectivity index (χ0n) is 14.9. The Bertz CT molecular complexity index is 976. The first-order chi connectivity index (χ1) is 12.5. The largest absolute Gasteiger partial charge is 0.504 e. The number of aromatic amines is 1. The number of hydrogen-bond acceptors (Lipinski definition) is 6. The second-order valence-electron chi connectivity index (χ2n) is 5.49. The predicted molar refractivity (Wildman–Crippen MR) is 96.0 cm³/mol. The lowest BCUT2D eigenvalue weighted by molar-refractivity contribution is 0.104. The fourth-order valence-corrected chi connectivity index (χ4v) is 2.91. The number of aromatic nitrogens is 1. The SMILES string of the molecule is COc1ccc(C(=O)c2c[nH]c3c(OC)c(OC)c(OC)cc23)cc1O. The number of ketones is 1. The van der Waals surface area contributed by atoms with Crippen molar-refractivity contribution in [3.63, 3.8) is 0 Å². The maximum Gasteiger partial charge on any atom is 0.205 e. The fourth-order valence-electron chi connectivity index (χ4n) is 2.91. The molecular weight excluding hydrogens is 338 g/mol. The number of rotatable bonds is 6. The molecule has 3 aromatic rings. The van der Waals surface area contributed by atoms with Gasteiger partial charge in [0.25, 0.3) is 0 Å². The minimum Gasteiger partial charge on any atom is -0.504 e. The molecule has 0 aliphatic rings. The molecule has 0 aliphatic heterocycles.